The number of thioether (sulfide) groups is 1. The van der Waals surface area contributed by atoms with Crippen LogP contribution in [0.25, 0.3) is 0 Å². The standard InChI is InChI=1S/C13H15N3OS/c1-10(2)7-8-15-13(17)16-11-3-5-12(6-4-11)18-9-14/h3-8,10H,1-2H3,(H2,15,16,17)/b8-7+. The Morgan fingerprint density at radius 1 is 1.39 bits per heavy atom. The van der Waals surface area contributed by atoms with E-state index in [1.54, 1.807) is 30.5 Å². The number of nitriles is 1. The van der Waals surface area contributed by atoms with Gasteiger partial charge in [0.2, 0.25) is 0 Å². The lowest BCUT2D eigenvalue weighted by atomic mass is 10.2. The van der Waals surface area contributed by atoms with Crippen LogP contribution in [-0.4, -0.2) is 6.03 Å². The molecule has 1 rings (SSSR count). The van der Waals surface area contributed by atoms with Gasteiger partial charge in [0.1, 0.15) is 5.40 Å². The van der Waals surface area contributed by atoms with Gasteiger partial charge in [0.25, 0.3) is 0 Å². The summed E-state index contributed by atoms with van der Waals surface area (Å²) in [4.78, 5) is 12.3. The van der Waals surface area contributed by atoms with Gasteiger partial charge in [-0.1, -0.05) is 19.9 Å². The van der Waals surface area contributed by atoms with E-state index in [0.717, 1.165) is 16.7 Å². The summed E-state index contributed by atoms with van der Waals surface area (Å²) in [5.74, 6) is 0.396. The fourth-order valence-electron chi connectivity index (χ4n) is 1.14. The van der Waals surface area contributed by atoms with Gasteiger partial charge in [0, 0.05) is 16.8 Å². The topological polar surface area (TPSA) is 64.9 Å². The molecular weight excluding hydrogens is 246 g/mol. The first-order valence-corrected chi connectivity index (χ1v) is 6.33. The quantitative estimate of drug-likeness (QED) is 0.643. The molecule has 0 radical (unpaired) electrons. The van der Waals surface area contributed by atoms with Gasteiger partial charge in [-0.05, 0) is 41.9 Å². The van der Waals surface area contributed by atoms with Gasteiger partial charge in [0.05, 0.1) is 0 Å². The molecule has 0 atom stereocenters. The minimum Gasteiger partial charge on any atom is -0.315 e. The summed E-state index contributed by atoms with van der Waals surface area (Å²) in [6.07, 6.45) is 3.52. The van der Waals surface area contributed by atoms with Crippen LogP contribution in [0.2, 0.25) is 0 Å². The molecular formula is C13H15N3OS. The lowest BCUT2D eigenvalue weighted by Gasteiger charge is -2.05. The Hall–Kier alpha value is -1.93. The molecule has 0 aliphatic rings. The van der Waals surface area contributed by atoms with E-state index in [1.165, 1.54) is 0 Å². The highest BCUT2D eigenvalue weighted by atomic mass is 32.2. The molecule has 94 valence electrons. The largest absolute Gasteiger partial charge is 0.323 e. The first-order valence-electron chi connectivity index (χ1n) is 5.52. The summed E-state index contributed by atoms with van der Waals surface area (Å²) in [7, 11) is 0. The molecule has 0 aromatic heterocycles. The number of hydrogen-bond acceptors (Lipinski definition) is 3. The van der Waals surface area contributed by atoms with Crippen molar-refractivity contribution >= 4 is 23.5 Å². The highest BCUT2D eigenvalue weighted by Crippen LogP contribution is 2.18. The average molecular weight is 261 g/mol. The Kier molecular flexibility index (Phi) is 5.81. The van der Waals surface area contributed by atoms with Crippen molar-refractivity contribution in [2.24, 2.45) is 5.92 Å². The predicted molar refractivity (Wildman–Crippen MR) is 74.0 cm³/mol. The number of carbonyl (C=O) groups excluding carboxylic acids is 1. The van der Waals surface area contributed by atoms with Crippen LogP contribution in [0.4, 0.5) is 10.5 Å². The van der Waals surface area contributed by atoms with E-state index >= 15 is 0 Å². The molecule has 0 aliphatic carbocycles. The Bertz CT molecular complexity index is 460. The molecule has 0 unspecified atom stereocenters. The molecule has 0 fully saturated rings. The molecule has 2 N–H and O–H groups in total. The number of thiocyanates is 1. The Labute approximate surface area is 111 Å². The maximum atomic E-state index is 11.5. The molecule has 1 aromatic rings. The van der Waals surface area contributed by atoms with Gasteiger partial charge in [-0.3, -0.25) is 0 Å². The summed E-state index contributed by atoms with van der Waals surface area (Å²) in [6.45, 7) is 4.06. The fourth-order valence-corrected chi connectivity index (χ4v) is 1.52. The summed E-state index contributed by atoms with van der Waals surface area (Å²) < 4.78 is 0. The number of carbonyl (C=O) groups is 1. The second kappa shape index (κ2) is 7.41. The smallest absolute Gasteiger partial charge is 0.315 e. The van der Waals surface area contributed by atoms with E-state index < -0.39 is 0 Å². The zero-order valence-corrected chi connectivity index (χ0v) is 11.1. The number of allylic oxidation sites excluding steroid dienone is 1. The van der Waals surface area contributed by atoms with Crippen LogP contribution in [0.5, 0.6) is 0 Å². The van der Waals surface area contributed by atoms with Crippen LogP contribution in [0.15, 0.2) is 41.4 Å². The van der Waals surface area contributed by atoms with E-state index in [0.29, 0.717) is 11.6 Å². The van der Waals surface area contributed by atoms with Crippen LogP contribution in [-0.2, 0) is 0 Å². The van der Waals surface area contributed by atoms with Crippen molar-refractivity contribution in [1.82, 2.24) is 5.32 Å². The van der Waals surface area contributed by atoms with Crippen LogP contribution in [0.3, 0.4) is 0 Å². The van der Waals surface area contributed by atoms with Gasteiger partial charge in [0.15, 0.2) is 0 Å². The fraction of sp³-hybridized carbons (Fsp3) is 0.231. The molecule has 0 saturated carbocycles. The molecule has 0 heterocycles. The zero-order valence-electron chi connectivity index (χ0n) is 10.3. The Morgan fingerprint density at radius 2 is 2.06 bits per heavy atom. The van der Waals surface area contributed by atoms with Crippen LogP contribution in [0.1, 0.15) is 13.8 Å². The van der Waals surface area contributed by atoms with E-state index in [-0.39, 0.29) is 6.03 Å². The van der Waals surface area contributed by atoms with E-state index in [4.69, 9.17) is 5.26 Å². The van der Waals surface area contributed by atoms with Crippen LogP contribution >= 0.6 is 11.8 Å². The van der Waals surface area contributed by atoms with E-state index in [9.17, 15) is 4.79 Å². The summed E-state index contributed by atoms with van der Waals surface area (Å²) in [6, 6.07) is 6.80. The number of nitrogens with zero attached hydrogens (tertiary/aromatic N) is 1. The maximum absolute atomic E-state index is 11.5. The van der Waals surface area contributed by atoms with Gasteiger partial charge in [-0.25, -0.2) is 4.79 Å². The third-order valence-corrected chi connectivity index (χ3v) is 2.57. The first-order chi connectivity index (χ1) is 8.61. The molecule has 2 amide bonds. The first kappa shape index (κ1) is 14.1. The molecule has 5 heteroatoms. The van der Waals surface area contributed by atoms with Crippen molar-refractivity contribution < 1.29 is 4.79 Å². The SMILES string of the molecule is CC(C)/C=C/NC(=O)Nc1ccc(SC#N)cc1. The summed E-state index contributed by atoms with van der Waals surface area (Å²) in [5, 5.41) is 15.8. The lowest BCUT2D eigenvalue weighted by molar-refractivity contribution is 0.255. The maximum Gasteiger partial charge on any atom is 0.323 e. The van der Waals surface area contributed by atoms with Crippen molar-refractivity contribution in [1.29, 1.82) is 5.26 Å². The lowest BCUT2D eigenvalue weighted by Crippen LogP contribution is -2.23. The Morgan fingerprint density at radius 3 is 2.61 bits per heavy atom. The second-order valence-corrected chi connectivity index (χ2v) is 4.78. The molecule has 0 bridgehead atoms. The molecule has 18 heavy (non-hydrogen) atoms. The monoisotopic (exact) mass is 261 g/mol. The van der Waals surface area contributed by atoms with Gasteiger partial charge in [-0.2, -0.15) is 5.26 Å². The van der Waals surface area contributed by atoms with Gasteiger partial charge < -0.3 is 10.6 Å². The highest BCUT2D eigenvalue weighted by molar-refractivity contribution is 8.03. The van der Waals surface area contributed by atoms with E-state index in [1.807, 2.05) is 25.3 Å². The van der Waals surface area contributed by atoms with Crippen LogP contribution in [0, 0.1) is 16.6 Å². The number of amides is 2. The van der Waals surface area contributed by atoms with Crippen molar-refractivity contribution in [3.8, 4) is 5.40 Å². The predicted octanol–water partition coefficient (Wildman–Crippen LogP) is 3.55. The number of benzene rings is 1. The number of rotatable bonds is 4. The van der Waals surface area contributed by atoms with Crippen molar-refractivity contribution in [3.05, 3.63) is 36.5 Å². The summed E-state index contributed by atoms with van der Waals surface area (Å²) in [5.41, 5.74) is 0.688. The third-order valence-electron chi connectivity index (χ3n) is 1.97. The number of nitrogens with one attached hydrogen (secondary N) is 2. The zero-order chi connectivity index (χ0) is 13.4. The molecule has 1 aromatic carbocycles. The highest BCUT2D eigenvalue weighted by Gasteiger charge is 1.99. The number of hydrogen-bond donors (Lipinski definition) is 2. The molecule has 0 aliphatic heterocycles. The van der Waals surface area contributed by atoms with Crippen molar-refractivity contribution in [2.45, 2.75) is 18.7 Å². The minimum absolute atomic E-state index is 0.285. The van der Waals surface area contributed by atoms with E-state index in [2.05, 4.69) is 10.6 Å². The Balaban J connectivity index is 2.47. The molecule has 0 spiro atoms. The normalized spacial score (nSPS) is 10.3. The third kappa shape index (κ3) is 5.41. The minimum atomic E-state index is -0.285. The van der Waals surface area contributed by atoms with Crippen molar-refractivity contribution in [3.63, 3.8) is 0 Å². The molecule has 4 nitrogen and oxygen atoms in total. The van der Waals surface area contributed by atoms with Crippen LogP contribution < -0.4 is 10.6 Å². The summed E-state index contributed by atoms with van der Waals surface area (Å²) >= 11 is 1.09. The van der Waals surface area contributed by atoms with Gasteiger partial charge in [-0.15, -0.1) is 0 Å². The molecule has 0 saturated heterocycles. The van der Waals surface area contributed by atoms with Gasteiger partial charge >= 0.3 is 6.03 Å². The second-order valence-electron chi connectivity index (χ2n) is 3.92. The number of anilines is 1. The number of urea groups is 1. The van der Waals surface area contributed by atoms with Crippen molar-refractivity contribution in [2.75, 3.05) is 5.32 Å². The average Bonchev–Trinajstić information content (AvgIpc) is 2.31.